The predicted octanol–water partition coefficient (Wildman–Crippen LogP) is 3.93. The first-order valence-electron chi connectivity index (χ1n) is 10.6. The van der Waals surface area contributed by atoms with Gasteiger partial charge in [-0.3, -0.25) is 4.90 Å². The zero-order chi connectivity index (χ0) is 21.8. The van der Waals surface area contributed by atoms with Gasteiger partial charge in [0.15, 0.2) is 0 Å². The highest BCUT2D eigenvalue weighted by atomic mass is 32.2. The molecule has 1 aliphatic rings. The number of fused-ring (bicyclic) bond motifs is 1. The molecule has 4 rings (SSSR count). The molecule has 5 nitrogen and oxygen atoms in total. The van der Waals surface area contributed by atoms with Crippen molar-refractivity contribution in [3.8, 4) is 0 Å². The van der Waals surface area contributed by atoms with Gasteiger partial charge in [0.1, 0.15) is 0 Å². The van der Waals surface area contributed by atoms with Crippen LogP contribution in [0.2, 0.25) is 0 Å². The van der Waals surface area contributed by atoms with Crippen molar-refractivity contribution in [2.45, 2.75) is 4.90 Å². The Morgan fingerprint density at radius 1 is 0.839 bits per heavy atom. The van der Waals surface area contributed by atoms with Gasteiger partial charge in [-0.25, -0.2) is 8.42 Å². The van der Waals surface area contributed by atoms with E-state index >= 15 is 0 Å². The van der Waals surface area contributed by atoms with Crippen LogP contribution in [0.4, 0.5) is 5.69 Å². The number of piperazine rings is 1. The van der Waals surface area contributed by atoms with E-state index in [9.17, 15) is 8.42 Å². The van der Waals surface area contributed by atoms with E-state index < -0.39 is 10.0 Å². The molecule has 1 saturated heterocycles. The lowest BCUT2D eigenvalue weighted by Crippen LogP contribution is -2.48. The van der Waals surface area contributed by atoms with Crippen molar-refractivity contribution in [1.29, 1.82) is 0 Å². The van der Waals surface area contributed by atoms with E-state index in [1.54, 1.807) is 10.4 Å². The third-order valence-corrected chi connectivity index (χ3v) is 7.72. The third-order valence-electron chi connectivity index (χ3n) is 5.76. The second kappa shape index (κ2) is 9.22. The second-order valence-electron chi connectivity index (χ2n) is 8.04. The van der Waals surface area contributed by atoms with Crippen molar-refractivity contribution in [3.05, 3.63) is 78.4 Å². The lowest BCUT2D eigenvalue weighted by Gasteiger charge is -2.33. The molecule has 3 aromatic rings. The van der Waals surface area contributed by atoms with Gasteiger partial charge in [0.25, 0.3) is 0 Å². The van der Waals surface area contributed by atoms with Crippen LogP contribution in [0.25, 0.3) is 16.8 Å². The number of benzene rings is 3. The number of nitrogens with zero attached hydrogens (tertiary/aromatic N) is 3. The maximum absolute atomic E-state index is 13.5. The summed E-state index contributed by atoms with van der Waals surface area (Å²) in [4.78, 5) is 4.70. The van der Waals surface area contributed by atoms with Crippen molar-refractivity contribution in [2.24, 2.45) is 0 Å². The second-order valence-corrected chi connectivity index (χ2v) is 9.95. The standard InChI is InChI=1S/C25H29N3O2S/c1-26(2)24-14-6-13-23-22(24)12-7-15-25(23)31(29,30)28-19-17-27(18-20-28)16-8-11-21-9-4-3-5-10-21/h3-15H,16-20H2,1-2H3. The Kier molecular flexibility index (Phi) is 6.41. The summed E-state index contributed by atoms with van der Waals surface area (Å²) in [7, 11) is 0.399. The van der Waals surface area contributed by atoms with Crippen molar-refractivity contribution in [3.63, 3.8) is 0 Å². The first kappa shape index (κ1) is 21.6. The first-order valence-corrected chi connectivity index (χ1v) is 12.0. The van der Waals surface area contributed by atoms with E-state index in [1.165, 1.54) is 5.56 Å². The molecule has 0 bridgehead atoms. The molecular weight excluding hydrogens is 406 g/mol. The fraction of sp³-hybridized carbons (Fsp3) is 0.280. The normalized spacial score (nSPS) is 16.2. The van der Waals surface area contributed by atoms with E-state index in [0.29, 0.717) is 18.0 Å². The summed E-state index contributed by atoms with van der Waals surface area (Å²) in [5.74, 6) is 0. The minimum absolute atomic E-state index is 0.395. The average molecular weight is 436 g/mol. The number of hydrogen-bond acceptors (Lipinski definition) is 4. The van der Waals surface area contributed by atoms with Crippen molar-refractivity contribution in [2.75, 3.05) is 51.7 Å². The van der Waals surface area contributed by atoms with Crippen molar-refractivity contribution >= 4 is 32.6 Å². The van der Waals surface area contributed by atoms with E-state index in [-0.39, 0.29) is 0 Å². The number of sulfonamides is 1. The summed E-state index contributed by atoms with van der Waals surface area (Å²) in [5.41, 5.74) is 2.20. The van der Waals surface area contributed by atoms with E-state index in [4.69, 9.17) is 0 Å². The zero-order valence-corrected chi connectivity index (χ0v) is 18.9. The number of rotatable bonds is 6. The molecule has 0 N–H and O–H groups in total. The molecule has 6 heteroatoms. The van der Waals surface area contributed by atoms with Crippen LogP contribution in [-0.4, -0.2) is 64.4 Å². The molecule has 1 aliphatic heterocycles. The van der Waals surface area contributed by atoms with Gasteiger partial charge in [0.05, 0.1) is 4.90 Å². The fourth-order valence-corrected chi connectivity index (χ4v) is 5.70. The molecule has 0 spiro atoms. The lowest BCUT2D eigenvalue weighted by atomic mass is 10.1. The Morgan fingerprint density at radius 3 is 2.23 bits per heavy atom. The topological polar surface area (TPSA) is 43.9 Å². The van der Waals surface area contributed by atoms with Gasteiger partial charge in [-0.05, 0) is 17.7 Å². The summed E-state index contributed by atoms with van der Waals surface area (Å²) >= 11 is 0. The van der Waals surface area contributed by atoms with Crippen LogP contribution in [-0.2, 0) is 10.0 Å². The highest BCUT2D eigenvalue weighted by molar-refractivity contribution is 7.89. The molecule has 0 unspecified atom stereocenters. The van der Waals surface area contributed by atoms with Gasteiger partial charge in [0, 0.05) is 63.3 Å². The molecule has 3 aromatic carbocycles. The summed E-state index contributed by atoms with van der Waals surface area (Å²) in [6, 6.07) is 21.6. The van der Waals surface area contributed by atoms with Crippen LogP contribution >= 0.6 is 0 Å². The van der Waals surface area contributed by atoms with Crippen molar-refractivity contribution in [1.82, 2.24) is 9.21 Å². The van der Waals surface area contributed by atoms with Crippen LogP contribution in [0.5, 0.6) is 0 Å². The average Bonchev–Trinajstić information content (AvgIpc) is 2.79. The maximum atomic E-state index is 13.5. The minimum Gasteiger partial charge on any atom is -0.377 e. The Labute approximate surface area is 185 Å². The Hall–Kier alpha value is -2.67. The van der Waals surface area contributed by atoms with Gasteiger partial charge in [0.2, 0.25) is 10.0 Å². The maximum Gasteiger partial charge on any atom is 0.243 e. The fourth-order valence-electron chi connectivity index (χ4n) is 4.07. The van der Waals surface area contributed by atoms with Crippen LogP contribution in [0.1, 0.15) is 5.56 Å². The molecule has 0 saturated carbocycles. The van der Waals surface area contributed by atoms with Gasteiger partial charge < -0.3 is 4.90 Å². The van der Waals surface area contributed by atoms with Crippen LogP contribution < -0.4 is 4.90 Å². The van der Waals surface area contributed by atoms with Gasteiger partial charge in [-0.15, -0.1) is 0 Å². The summed E-state index contributed by atoms with van der Waals surface area (Å²) < 4.78 is 28.6. The van der Waals surface area contributed by atoms with E-state index in [0.717, 1.165) is 36.1 Å². The van der Waals surface area contributed by atoms with E-state index in [1.807, 2.05) is 67.5 Å². The molecule has 0 aromatic heterocycles. The largest absolute Gasteiger partial charge is 0.377 e. The summed E-state index contributed by atoms with van der Waals surface area (Å²) in [6.45, 7) is 3.29. The van der Waals surface area contributed by atoms with E-state index in [2.05, 4.69) is 29.2 Å². The van der Waals surface area contributed by atoms with Crippen molar-refractivity contribution < 1.29 is 8.42 Å². The number of anilines is 1. The Bertz CT molecular complexity index is 1170. The Balaban J connectivity index is 1.47. The quantitative estimate of drug-likeness (QED) is 0.589. The predicted molar refractivity (Wildman–Crippen MR) is 129 cm³/mol. The highest BCUT2D eigenvalue weighted by Crippen LogP contribution is 2.31. The monoisotopic (exact) mass is 435 g/mol. The molecule has 0 amide bonds. The SMILES string of the molecule is CN(C)c1cccc2c(S(=O)(=O)N3CCN(CC=Cc4ccccc4)CC3)cccc12. The van der Waals surface area contributed by atoms with Gasteiger partial charge >= 0.3 is 0 Å². The van der Waals surface area contributed by atoms with Crippen LogP contribution in [0, 0.1) is 0 Å². The molecule has 1 heterocycles. The molecule has 0 atom stereocenters. The zero-order valence-electron chi connectivity index (χ0n) is 18.1. The highest BCUT2D eigenvalue weighted by Gasteiger charge is 2.29. The summed E-state index contributed by atoms with van der Waals surface area (Å²) in [6.07, 6.45) is 4.26. The van der Waals surface area contributed by atoms with Gasteiger partial charge in [-0.1, -0.05) is 66.7 Å². The third kappa shape index (κ3) is 4.66. The van der Waals surface area contributed by atoms with Crippen LogP contribution in [0.15, 0.2) is 77.7 Å². The molecule has 31 heavy (non-hydrogen) atoms. The van der Waals surface area contributed by atoms with Gasteiger partial charge in [-0.2, -0.15) is 4.31 Å². The first-order chi connectivity index (χ1) is 15.0. The Morgan fingerprint density at radius 2 is 1.52 bits per heavy atom. The minimum atomic E-state index is -3.55. The number of hydrogen-bond donors (Lipinski definition) is 0. The summed E-state index contributed by atoms with van der Waals surface area (Å²) in [5, 5.41) is 1.74. The molecule has 1 fully saturated rings. The lowest BCUT2D eigenvalue weighted by molar-refractivity contribution is 0.204. The molecular formula is C25H29N3O2S. The smallest absolute Gasteiger partial charge is 0.243 e. The molecule has 162 valence electrons. The van der Waals surface area contributed by atoms with Crippen LogP contribution in [0.3, 0.4) is 0 Å². The molecule has 0 radical (unpaired) electrons. The molecule has 0 aliphatic carbocycles.